The van der Waals surface area contributed by atoms with Gasteiger partial charge in [-0.1, -0.05) is 0 Å². The van der Waals surface area contributed by atoms with Crippen LogP contribution in [0.5, 0.6) is 0 Å². The quantitative estimate of drug-likeness (QED) is 0.786. The van der Waals surface area contributed by atoms with Gasteiger partial charge in [0.25, 0.3) is 0 Å². The predicted octanol–water partition coefficient (Wildman–Crippen LogP) is 1.24. The average molecular weight is 194 g/mol. The SMILES string of the molecule is O=C1NCCCN1CCc1ccoc1. The molecule has 1 fully saturated rings. The first kappa shape index (κ1) is 9.12. The highest BCUT2D eigenvalue weighted by Gasteiger charge is 2.16. The molecule has 2 amide bonds. The summed E-state index contributed by atoms with van der Waals surface area (Å²) < 4.78 is 4.96. The van der Waals surface area contributed by atoms with Crippen LogP contribution in [0.2, 0.25) is 0 Å². The van der Waals surface area contributed by atoms with Gasteiger partial charge >= 0.3 is 6.03 Å². The van der Waals surface area contributed by atoms with Crippen LogP contribution in [-0.2, 0) is 6.42 Å². The third-order valence-corrected chi connectivity index (χ3v) is 2.42. The van der Waals surface area contributed by atoms with E-state index >= 15 is 0 Å². The predicted molar refractivity (Wildman–Crippen MR) is 52.0 cm³/mol. The van der Waals surface area contributed by atoms with Crippen molar-refractivity contribution in [2.24, 2.45) is 0 Å². The summed E-state index contributed by atoms with van der Waals surface area (Å²) in [5, 5.41) is 2.83. The van der Waals surface area contributed by atoms with Crippen LogP contribution in [0.4, 0.5) is 4.79 Å². The van der Waals surface area contributed by atoms with Gasteiger partial charge in [0.1, 0.15) is 0 Å². The number of rotatable bonds is 3. The normalized spacial score (nSPS) is 16.9. The standard InChI is InChI=1S/C10H14N2O2/c13-10-11-4-1-5-12(10)6-2-9-3-7-14-8-9/h3,7-8H,1-2,4-6H2,(H,11,13). The van der Waals surface area contributed by atoms with E-state index in [0.29, 0.717) is 0 Å². The van der Waals surface area contributed by atoms with Crippen LogP contribution >= 0.6 is 0 Å². The van der Waals surface area contributed by atoms with Crippen LogP contribution in [-0.4, -0.2) is 30.6 Å². The van der Waals surface area contributed by atoms with E-state index in [1.165, 1.54) is 0 Å². The molecule has 4 heteroatoms. The zero-order valence-electron chi connectivity index (χ0n) is 8.03. The fourth-order valence-electron chi connectivity index (χ4n) is 1.59. The van der Waals surface area contributed by atoms with E-state index in [4.69, 9.17) is 4.42 Å². The molecule has 1 aliphatic heterocycles. The summed E-state index contributed by atoms with van der Waals surface area (Å²) >= 11 is 0. The molecule has 1 aromatic rings. The van der Waals surface area contributed by atoms with Crippen LogP contribution in [0.3, 0.4) is 0 Å². The van der Waals surface area contributed by atoms with Gasteiger partial charge < -0.3 is 14.6 Å². The Balaban J connectivity index is 1.82. The number of hydrogen-bond acceptors (Lipinski definition) is 2. The summed E-state index contributed by atoms with van der Waals surface area (Å²) in [4.78, 5) is 13.2. The zero-order valence-corrected chi connectivity index (χ0v) is 8.03. The summed E-state index contributed by atoms with van der Waals surface area (Å²) in [5.74, 6) is 0. The molecule has 14 heavy (non-hydrogen) atoms. The lowest BCUT2D eigenvalue weighted by Gasteiger charge is -2.27. The minimum Gasteiger partial charge on any atom is -0.472 e. The van der Waals surface area contributed by atoms with Gasteiger partial charge in [-0.3, -0.25) is 0 Å². The molecule has 2 heterocycles. The molecule has 0 atom stereocenters. The van der Waals surface area contributed by atoms with Gasteiger partial charge in [-0.25, -0.2) is 4.79 Å². The second-order valence-electron chi connectivity index (χ2n) is 3.45. The minimum atomic E-state index is 0.0553. The van der Waals surface area contributed by atoms with Gasteiger partial charge in [0.2, 0.25) is 0 Å². The van der Waals surface area contributed by atoms with Crippen molar-refractivity contribution in [3.8, 4) is 0 Å². The summed E-state index contributed by atoms with van der Waals surface area (Å²) in [5.41, 5.74) is 1.14. The first-order valence-electron chi connectivity index (χ1n) is 4.90. The zero-order chi connectivity index (χ0) is 9.80. The number of carbonyl (C=O) groups is 1. The number of furan rings is 1. The summed E-state index contributed by atoms with van der Waals surface area (Å²) in [7, 11) is 0. The Labute approximate surface area is 82.9 Å². The minimum absolute atomic E-state index is 0.0553. The molecule has 1 aliphatic rings. The maximum atomic E-state index is 11.3. The van der Waals surface area contributed by atoms with Gasteiger partial charge in [0, 0.05) is 19.6 Å². The van der Waals surface area contributed by atoms with Crippen LogP contribution < -0.4 is 5.32 Å². The summed E-state index contributed by atoms with van der Waals surface area (Å²) in [6.07, 6.45) is 5.29. The van der Waals surface area contributed by atoms with E-state index in [0.717, 1.165) is 38.0 Å². The molecule has 0 aromatic carbocycles. The van der Waals surface area contributed by atoms with Crippen LogP contribution in [0.1, 0.15) is 12.0 Å². The topological polar surface area (TPSA) is 45.5 Å². The second kappa shape index (κ2) is 4.17. The number of nitrogens with one attached hydrogen (secondary N) is 1. The van der Waals surface area contributed by atoms with Crippen molar-refractivity contribution in [1.29, 1.82) is 0 Å². The lowest BCUT2D eigenvalue weighted by Crippen LogP contribution is -2.47. The third kappa shape index (κ3) is 2.07. The molecule has 1 aromatic heterocycles. The lowest BCUT2D eigenvalue weighted by molar-refractivity contribution is 0.187. The van der Waals surface area contributed by atoms with Crippen LogP contribution in [0.25, 0.3) is 0 Å². The molecule has 0 aliphatic carbocycles. The van der Waals surface area contributed by atoms with E-state index in [1.807, 2.05) is 11.0 Å². The molecule has 0 unspecified atom stereocenters. The van der Waals surface area contributed by atoms with E-state index in [2.05, 4.69) is 5.32 Å². The van der Waals surface area contributed by atoms with Crippen LogP contribution in [0, 0.1) is 0 Å². The molecule has 2 rings (SSSR count). The van der Waals surface area contributed by atoms with E-state index < -0.39 is 0 Å². The van der Waals surface area contributed by atoms with E-state index in [-0.39, 0.29) is 6.03 Å². The van der Waals surface area contributed by atoms with Gasteiger partial charge in [-0.2, -0.15) is 0 Å². The molecule has 0 saturated carbocycles. The fraction of sp³-hybridized carbons (Fsp3) is 0.500. The molecule has 0 spiro atoms. The molecular formula is C10H14N2O2. The average Bonchev–Trinajstić information content (AvgIpc) is 2.69. The second-order valence-corrected chi connectivity index (χ2v) is 3.45. The Hall–Kier alpha value is -1.45. The summed E-state index contributed by atoms with van der Waals surface area (Å²) in [6, 6.07) is 1.99. The van der Waals surface area contributed by atoms with Gasteiger partial charge in [0.15, 0.2) is 0 Å². The third-order valence-electron chi connectivity index (χ3n) is 2.42. The van der Waals surface area contributed by atoms with E-state index in [9.17, 15) is 4.79 Å². The number of nitrogens with zero attached hydrogens (tertiary/aromatic N) is 1. The maximum absolute atomic E-state index is 11.3. The Morgan fingerprint density at radius 2 is 2.50 bits per heavy atom. The van der Waals surface area contributed by atoms with Crippen molar-refractivity contribution < 1.29 is 9.21 Å². The lowest BCUT2D eigenvalue weighted by atomic mass is 10.2. The maximum Gasteiger partial charge on any atom is 0.317 e. The smallest absolute Gasteiger partial charge is 0.317 e. The van der Waals surface area contributed by atoms with Crippen molar-refractivity contribution in [2.45, 2.75) is 12.8 Å². The monoisotopic (exact) mass is 194 g/mol. The summed E-state index contributed by atoms with van der Waals surface area (Å²) in [6.45, 7) is 2.44. The van der Waals surface area contributed by atoms with Crippen molar-refractivity contribution in [3.05, 3.63) is 24.2 Å². The van der Waals surface area contributed by atoms with Crippen molar-refractivity contribution in [2.75, 3.05) is 19.6 Å². The molecule has 4 nitrogen and oxygen atoms in total. The Kier molecular flexibility index (Phi) is 2.72. The first-order valence-corrected chi connectivity index (χ1v) is 4.90. The van der Waals surface area contributed by atoms with Gasteiger partial charge in [-0.05, 0) is 24.5 Å². The highest BCUT2D eigenvalue weighted by Crippen LogP contribution is 2.05. The number of urea groups is 1. The van der Waals surface area contributed by atoms with Crippen LogP contribution in [0.15, 0.2) is 23.0 Å². The van der Waals surface area contributed by atoms with Gasteiger partial charge in [0.05, 0.1) is 12.5 Å². The highest BCUT2D eigenvalue weighted by atomic mass is 16.3. The number of hydrogen-bond donors (Lipinski definition) is 1. The Bertz CT molecular complexity index is 295. The van der Waals surface area contributed by atoms with Crippen molar-refractivity contribution >= 4 is 6.03 Å². The Morgan fingerprint density at radius 3 is 3.21 bits per heavy atom. The molecule has 76 valence electrons. The Morgan fingerprint density at radius 1 is 1.57 bits per heavy atom. The molecular weight excluding hydrogens is 180 g/mol. The number of amides is 2. The highest BCUT2D eigenvalue weighted by molar-refractivity contribution is 5.74. The largest absolute Gasteiger partial charge is 0.472 e. The van der Waals surface area contributed by atoms with Crippen molar-refractivity contribution in [3.63, 3.8) is 0 Å². The van der Waals surface area contributed by atoms with Gasteiger partial charge in [-0.15, -0.1) is 0 Å². The molecule has 1 N–H and O–H groups in total. The fourth-order valence-corrected chi connectivity index (χ4v) is 1.59. The number of carbonyl (C=O) groups excluding carboxylic acids is 1. The van der Waals surface area contributed by atoms with E-state index in [1.54, 1.807) is 12.5 Å². The molecule has 1 saturated heterocycles. The molecule has 0 bridgehead atoms. The van der Waals surface area contributed by atoms with Crippen molar-refractivity contribution in [1.82, 2.24) is 10.2 Å². The first-order chi connectivity index (χ1) is 6.86. The molecule has 0 radical (unpaired) electrons.